The molecule has 1 aliphatic rings. The van der Waals surface area contributed by atoms with E-state index < -0.39 is 0 Å². The molecule has 15 heavy (non-hydrogen) atoms. The Bertz CT molecular complexity index is 374. The molecule has 0 radical (unpaired) electrons. The van der Waals surface area contributed by atoms with Crippen LogP contribution in [-0.2, 0) is 4.84 Å². The van der Waals surface area contributed by atoms with E-state index >= 15 is 0 Å². The summed E-state index contributed by atoms with van der Waals surface area (Å²) in [7, 11) is 0. The Kier molecular flexibility index (Phi) is 3.51. The number of amides is 1. The molecule has 3 nitrogen and oxygen atoms in total. The van der Waals surface area contributed by atoms with Crippen molar-refractivity contribution >= 4 is 40.4 Å². The van der Waals surface area contributed by atoms with Gasteiger partial charge in [0, 0.05) is 6.54 Å². The highest BCUT2D eigenvalue weighted by Gasteiger charge is 2.23. The first-order valence-corrected chi connectivity index (χ1v) is 6.15. The van der Waals surface area contributed by atoms with E-state index in [0.29, 0.717) is 27.4 Å². The molecule has 1 fully saturated rings. The molecule has 1 amide bonds. The Morgan fingerprint density at radius 2 is 2.27 bits per heavy atom. The zero-order chi connectivity index (χ0) is 10.8. The van der Waals surface area contributed by atoms with Gasteiger partial charge in [0.25, 0.3) is 5.91 Å². The van der Waals surface area contributed by atoms with Crippen LogP contribution < -0.4 is 0 Å². The highest BCUT2D eigenvalue weighted by atomic mass is 35.5. The van der Waals surface area contributed by atoms with Gasteiger partial charge in [-0.25, -0.2) is 5.06 Å². The molecular formula is C9H9Cl2NO2S. The van der Waals surface area contributed by atoms with E-state index in [0.717, 1.165) is 12.8 Å². The van der Waals surface area contributed by atoms with E-state index in [2.05, 4.69) is 0 Å². The van der Waals surface area contributed by atoms with Gasteiger partial charge in [-0.15, -0.1) is 11.3 Å². The molecule has 6 heteroatoms. The summed E-state index contributed by atoms with van der Waals surface area (Å²) in [5.74, 6) is -0.206. The maximum atomic E-state index is 11.9. The van der Waals surface area contributed by atoms with Gasteiger partial charge in [0.05, 0.1) is 16.5 Å². The van der Waals surface area contributed by atoms with Crippen LogP contribution >= 0.6 is 34.5 Å². The summed E-state index contributed by atoms with van der Waals surface area (Å²) in [5.41, 5.74) is 0.425. The van der Waals surface area contributed by atoms with Crippen molar-refractivity contribution in [3.8, 4) is 0 Å². The van der Waals surface area contributed by atoms with Crippen LogP contribution in [0.25, 0.3) is 0 Å². The Morgan fingerprint density at radius 3 is 2.80 bits per heavy atom. The molecule has 0 N–H and O–H groups in total. The van der Waals surface area contributed by atoms with Crippen LogP contribution in [0.1, 0.15) is 23.2 Å². The molecule has 1 aromatic rings. The zero-order valence-electron chi connectivity index (χ0n) is 7.83. The number of hydroxylamine groups is 2. The summed E-state index contributed by atoms with van der Waals surface area (Å²) in [6.45, 7) is 1.20. The minimum Gasteiger partial charge on any atom is -0.271 e. The smallest absolute Gasteiger partial charge is 0.271 e. The van der Waals surface area contributed by atoms with E-state index in [4.69, 9.17) is 28.0 Å². The first kappa shape index (κ1) is 11.2. The summed E-state index contributed by atoms with van der Waals surface area (Å²) < 4.78 is 0.930. The van der Waals surface area contributed by atoms with Crippen LogP contribution in [0.15, 0.2) is 6.07 Å². The van der Waals surface area contributed by atoms with Gasteiger partial charge < -0.3 is 0 Å². The topological polar surface area (TPSA) is 29.5 Å². The van der Waals surface area contributed by atoms with Crippen LogP contribution in [0.4, 0.5) is 0 Å². The monoisotopic (exact) mass is 265 g/mol. The predicted molar refractivity (Wildman–Crippen MR) is 60.6 cm³/mol. The van der Waals surface area contributed by atoms with Crippen LogP contribution in [0.5, 0.6) is 0 Å². The summed E-state index contributed by atoms with van der Waals surface area (Å²) in [6, 6.07) is 1.58. The van der Waals surface area contributed by atoms with Crippen LogP contribution in [-0.4, -0.2) is 24.1 Å². The van der Waals surface area contributed by atoms with Crippen molar-refractivity contribution in [2.24, 2.45) is 0 Å². The SMILES string of the molecule is O=C(c1cc(Cl)sc1Cl)N1CCCCO1. The van der Waals surface area contributed by atoms with Gasteiger partial charge in [-0.2, -0.15) is 0 Å². The molecule has 82 valence electrons. The van der Waals surface area contributed by atoms with Gasteiger partial charge in [-0.1, -0.05) is 23.2 Å². The number of rotatable bonds is 1. The average molecular weight is 266 g/mol. The number of carbonyl (C=O) groups is 1. The van der Waals surface area contributed by atoms with Crippen molar-refractivity contribution < 1.29 is 9.63 Å². The van der Waals surface area contributed by atoms with Gasteiger partial charge in [0.15, 0.2) is 0 Å². The molecule has 0 unspecified atom stereocenters. The fourth-order valence-corrected chi connectivity index (χ4v) is 2.83. The van der Waals surface area contributed by atoms with Crippen molar-refractivity contribution in [2.45, 2.75) is 12.8 Å². The van der Waals surface area contributed by atoms with E-state index in [1.165, 1.54) is 16.4 Å². The fraction of sp³-hybridized carbons (Fsp3) is 0.444. The lowest BCUT2D eigenvalue weighted by Crippen LogP contribution is -2.35. The second kappa shape index (κ2) is 4.70. The summed E-state index contributed by atoms with van der Waals surface area (Å²) in [6.07, 6.45) is 1.95. The van der Waals surface area contributed by atoms with Crippen molar-refractivity contribution in [3.63, 3.8) is 0 Å². The third-order valence-electron chi connectivity index (χ3n) is 2.12. The lowest BCUT2D eigenvalue weighted by molar-refractivity contribution is -0.144. The van der Waals surface area contributed by atoms with Crippen molar-refractivity contribution in [1.29, 1.82) is 0 Å². The van der Waals surface area contributed by atoms with E-state index in [-0.39, 0.29) is 5.91 Å². The van der Waals surface area contributed by atoms with Gasteiger partial charge >= 0.3 is 0 Å². The van der Waals surface area contributed by atoms with Crippen LogP contribution in [0, 0.1) is 0 Å². The number of thiophene rings is 1. The molecule has 2 heterocycles. The third kappa shape index (κ3) is 2.45. The van der Waals surface area contributed by atoms with Crippen LogP contribution in [0.2, 0.25) is 8.67 Å². The average Bonchev–Trinajstić information content (AvgIpc) is 2.58. The molecule has 0 aromatic carbocycles. The standard InChI is InChI=1S/C9H9Cl2NO2S/c10-7-5-6(8(11)15-7)9(13)12-3-1-2-4-14-12/h5H,1-4H2. The Labute approximate surface area is 101 Å². The van der Waals surface area contributed by atoms with Crippen molar-refractivity contribution in [1.82, 2.24) is 5.06 Å². The Balaban J connectivity index is 2.16. The molecule has 0 aliphatic carbocycles. The lowest BCUT2D eigenvalue weighted by Gasteiger charge is -2.25. The molecule has 1 aromatic heterocycles. The van der Waals surface area contributed by atoms with Crippen molar-refractivity contribution in [2.75, 3.05) is 13.2 Å². The first-order chi connectivity index (χ1) is 7.18. The van der Waals surface area contributed by atoms with Crippen LogP contribution in [0.3, 0.4) is 0 Å². The van der Waals surface area contributed by atoms with E-state index in [1.54, 1.807) is 6.07 Å². The number of carbonyl (C=O) groups excluding carboxylic acids is 1. The van der Waals surface area contributed by atoms with Gasteiger partial charge in [-0.05, 0) is 18.9 Å². The molecule has 0 spiro atoms. The van der Waals surface area contributed by atoms with Gasteiger partial charge in [0.2, 0.25) is 0 Å². The Hall–Kier alpha value is -0.290. The molecule has 1 saturated heterocycles. The molecule has 1 aliphatic heterocycles. The maximum absolute atomic E-state index is 11.9. The van der Waals surface area contributed by atoms with Gasteiger partial charge in [0.1, 0.15) is 4.34 Å². The molecule has 2 rings (SSSR count). The molecule has 0 bridgehead atoms. The zero-order valence-corrected chi connectivity index (χ0v) is 10.2. The van der Waals surface area contributed by atoms with Gasteiger partial charge in [-0.3, -0.25) is 9.63 Å². The minimum absolute atomic E-state index is 0.206. The van der Waals surface area contributed by atoms with Crippen molar-refractivity contribution in [3.05, 3.63) is 20.3 Å². The summed E-state index contributed by atoms with van der Waals surface area (Å²) in [5, 5.41) is 1.35. The van der Waals surface area contributed by atoms with E-state index in [9.17, 15) is 4.79 Å². The number of hydrogen-bond donors (Lipinski definition) is 0. The number of halogens is 2. The number of nitrogens with zero attached hydrogens (tertiary/aromatic N) is 1. The number of hydrogen-bond acceptors (Lipinski definition) is 3. The highest BCUT2D eigenvalue weighted by molar-refractivity contribution is 7.20. The third-order valence-corrected chi connectivity index (χ3v) is 3.60. The summed E-state index contributed by atoms with van der Waals surface area (Å²) >= 11 is 12.9. The highest BCUT2D eigenvalue weighted by Crippen LogP contribution is 2.32. The molecule has 0 atom stereocenters. The fourth-order valence-electron chi connectivity index (χ4n) is 1.38. The lowest BCUT2D eigenvalue weighted by atomic mass is 10.2. The first-order valence-electron chi connectivity index (χ1n) is 4.58. The minimum atomic E-state index is -0.206. The van der Waals surface area contributed by atoms with E-state index in [1.807, 2.05) is 0 Å². The second-order valence-corrected chi connectivity index (χ2v) is 5.47. The normalized spacial score (nSPS) is 16.8. The second-order valence-electron chi connectivity index (χ2n) is 3.19. The Morgan fingerprint density at radius 1 is 1.47 bits per heavy atom. The maximum Gasteiger partial charge on any atom is 0.279 e. The summed E-state index contributed by atoms with van der Waals surface area (Å²) in [4.78, 5) is 17.1. The molecule has 0 saturated carbocycles. The predicted octanol–water partition coefficient (Wildman–Crippen LogP) is 3.22. The largest absolute Gasteiger partial charge is 0.279 e. The molecular weight excluding hydrogens is 257 g/mol. The quantitative estimate of drug-likeness (QED) is 0.781.